The van der Waals surface area contributed by atoms with E-state index in [0.717, 1.165) is 23.4 Å². The molecule has 1 aliphatic heterocycles. The van der Waals surface area contributed by atoms with Crippen molar-refractivity contribution < 1.29 is 14.3 Å². The summed E-state index contributed by atoms with van der Waals surface area (Å²) in [6.07, 6.45) is 1.18. The lowest BCUT2D eigenvalue weighted by Crippen LogP contribution is -2.30. The number of anilines is 1. The fraction of sp³-hybridized carbons (Fsp3) is 0.500. The topological polar surface area (TPSA) is 47.6 Å². The van der Waals surface area contributed by atoms with E-state index in [4.69, 9.17) is 9.47 Å². The minimum Gasteiger partial charge on any atom is -0.485 e. The molecule has 0 aromatic heterocycles. The second-order valence-corrected chi connectivity index (χ2v) is 5.16. The summed E-state index contributed by atoms with van der Waals surface area (Å²) in [6, 6.07) is 5.87. The number of hydrogen-bond donors (Lipinski definition) is 1. The van der Waals surface area contributed by atoms with Gasteiger partial charge in [-0.05, 0) is 38.0 Å². The number of carbonyl (C=O) groups excluding carboxylic acids is 1. The summed E-state index contributed by atoms with van der Waals surface area (Å²) in [5.74, 6) is 0.717. The monoisotopic (exact) mass is 249 g/mol. The van der Waals surface area contributed by atoms with E-state index in [-0.39, 0.29) is 5.91 Å². The minimum absolute atomic E-state index is 0.0114. The van der Waals surface area contributed by atoms with Crippen LogP contribution in [0.5, 0.6) is 5.75 Å². The van der Waals surface area contributed by atoms with Crippen molar-refractivity contribution in [2.45, 2.75) is 32.3 Å². The van der Waals surface area contributed by atoms with Crippen LogP contribution in [0.4, 0.5) is 5.69 Å². The summed E-state index contributed by atoms with van der Waals surface area (Å²) in [5.41, 5.74) is 1.40. The predicted octanol–water partition coefficient (Wildman–Crippen LogP) is 2.38. The van der Waals surface area contributed by atoms with Crippen molar-refractivity contribution in [3.63, 3.8) is 0 Å². The summed E-state index contributed by atoms with van der Waals surface area (Å²) in [4.78, 5) is 11.8. The number of carbonyl (C=O) groups is 1. The number of nitrogens with one attached hydrogen (secondary N) is 1. The molecule has 0 spiro atoms. The molecule has 0 atom stereocenters. The Morgan fingerprint density at radius 1 is 1.44 bits per heavy atom. The van der Waals surface area contributed by atoms with E-state index in [2.05, 4.69) is 5.32 Å². The fourth-order valence-electron chi connectivity index (χ4n) is 2.05. The van der Waals surface area contributed by atoms with Crippen molar-refractivity contribution in [2.75, 3.05) is 19.0 Å². The molecular formula is C14H19NO3. The molecule has 0 bridgehead atoms. The zero-order valence-electron chi connectivity index (χ0n) is 11.1. The summed E-state index contributed by atoms with van der Waals surface area (Å²) < 4.78 is 10.9. The van der Waals surface area contributed by atoms with Crippen molar-refractivity contribution in [3.05, 3.63) is 23.8 Å². The zero-order chi connectivity index (χ0) is 13.2. The molecule has 0 aliphatic carbocycles. The van der Waals surface area contributed by atoms with Crippen LogP contribution in [0.3, 0.4) is 0 Å². The van der Waals surface area contributed by atoms with Crippen LogP contribution in [-0.4, -0.2) is 25.2 Å². The molecule has 4 nitrogen and oxygen atoms in total. The molecule has 1 aliphatic rings. The van der Waals surface area contributed by atoms with E-state index in [1.54, 1.807) is 7.11 Å². The van der Waals surface area contributed by atoms with Gasteiger partial charge in [0.2, 0.25) is 5.91 Å². The van der Waals surface area contributed by atoms with Crippen molar-refractivity contribution in [1.82, 2.24) is 0 Å². The summed E-state index contributed by atoms with van der Waals surface area (Å²) in [5, 5.41) is 2.89. The van der Waals surface area contributed by atoms with Crippen LogP contribution in [0.1, 0.15) is 25.8 Å². The molecule has 4 heteroatoms. The van der Waals surface area contributed by atoms with Gasteiger partial charge in [-0.1, -0.05) is 6.07 Å². The Morgan fingerprint density at radius 2 is 2.22 bits per heavy atom. The molecule has 1 heterocycles. The third-order valence-corrected chi connectivity index (χ3v) is 2.89. The van der Waals surface area contributed by atoms with E-state index in [1.807, 2.05) is 32.0 Å². The average molecular weight is 249 g/mol. The second-order valence-electron chi connectivity index (χ2n) is 5.16. The van der Waals surface area contributed by atoms with Gasteiger partial charge >= 0.3 is 0 Å². The van der Waals surface area contributed by atoms with E-state index < -0.39 is 5.60 Å². The first-order valence-electron chi connectivity index (χ1n) is 6.11. The normalized spacial score (nSPS) is 17.4. The van der Waals surface area contributed by atoms with Gasteiger partial charge in [0.25, 0.3) is 0 Å². The Labute approximate surface area is 107 Å². The lowest BCUT2D eigenvalue weighted by Gasteiger charge is -2.23. The molecule has 0 fully saturated rings. The van der Waals surface area contributed by atoms with Gasteiger partial charge in [0.05, 0.1) is 18.7 Å². The van der Waals surface area contributed by atoms with Gasteiger partial charge in [-0.3, -0.25) is 4.79 Å². The predicted molar refractivity (Wildman–Crippen MR) is 70.0 cm³/mol. The number of rotatable bonds is 3. The van der Waals surface area contributed by atoms with Gasteiger partial charge in [-0.15, -0.1) is 0 Å². The maximum Gasteiger partial charge on any atom is 0.228 e. The average Bonchev–Trinajstić information content (AvgIpc) is 2.39. The molecule has 0 saturated heterocycles. The Morgan fingerprint density at radius 3 is 2.94 bits per heavy atom. The highest BCUT2D eigenvalue weighted by molar-refractivity contribution is 5.93. The third kappa shape index (κ3) is 3.01. The Hall–Kier alpha value is -1.55. The van der Waals surface area contributed by atoms with Crippen LogP contribution in [0, 0.1) is 0 Å². The molecule has 18 heavy (non-hydrogen) atoms. The number of methoxy groups -OCH3 is 1. The Balaban J connectivity index is 2.27. The first-order chi connectivity index (χ1) is 8.50. The van der Waals surface area contributed by atoms with Crippen LogP contribution in [0.2, 0.25) is 0 Å². The maximum atomic E-state index is 11.8. The smallest absolute Gasteiger partial charge is 0.228 e. The number of benzene rings is 1. The van der Waals surface area contributed by atoms with Crippen molar-refractivity contribution in [3.8, 4) is 5.75 Å². The van der Waals surface area contributed by atoms with E-state index in [0.29, 0.717) is 13.0 Å². The minimum atomic E-state index is -0.469. The van der Waals surface area contributed by atoms with E-state index in [9.17, 15) is 4.79 Å². The molecule has 0 unspecified atom stereocenters. The van der Waals surface area contributed by atoms with Crippen molar-refractivity contribution in [1.29, 1.82) is 0 Å². The van der Waals surface area contributed by atoms with E-state index >= 15 is 0 Å². The van der Waals surface area contributed by atoms with Gasteiger partial charge in [0.1, 0.15) is 11.4 Å². The molecule has 1 N–H and O–H groups in total. The fourth-order valence-corrected chi connectivity index (χ4v) is 2.05. The quantitative estimate of drug-likeness (QED) is 0.894. The van der Waals surface area contributed by atoms with Crippen molar-refractivity contribution >= 4 is 11.6 Å². The van der Waals surface area contributed by atoms with Gasteiger partial charge in [-0.2, -0.15) is 0 Å². The van der Waals surface area contributed by atoms with Crippen LogP contribution in [0.25, 0.3) is 0 Å². The largest absolute Gasteiger partial charge is 0.485 e. The van der Waals surface area contributed by atoms with Crippen LogP contribution in [0.15, 0.2) is 18.2 Å². The molecule has 0 saturated carbocycles. The summed E-state index contributed by atoms with van der Waals surface area (Å²) in [7, 11) is 1.68. The molecule has 1 aromatic rings. The maximum absolute atomic E-state index is 11.8. The summed E-state index contributed by atoms with van der Waals surface area (Å²) >= 11 is 0. The lowest BCUT2D eigenvalue weighted by molar-refractivity contribution is -0.118. The van der Waals surface area contributed by atoms with Crippen molar-refractivity contribution in [2.24, 2.45) is 0 Å². The first-order valence-corrected chi connectivity index (χ1v) is 6.11. The standard InChI is InChI=1S/C14H19NO3/c1-14(2)9-13(16)15-11-8-10(6-7-17-3)4-5-12(11)18-14/h4-5,8H,6-7,9H2,1-3H3,(H,15,16). The SMILES string of the molecule is COCCc1ccc2c(c1)NC(=O)CC(C)(C)O2. The van der Waals surface area contributed by atoms with Gasteiger partial charge in [-0.25, -0.2) is 0 Å². The van der Waals surface area contributed by atoms with Gasteiger partial charge in [0.15, 0.2) is 0 Å². The first kappa shape index (κ1) is 12.9. The molecule has 1 aromatic carbocycles. The third-order valence-electron chi connectivity index (χ3n) is 2.89. The number of ether oxygens (including phenoxy) is 2. The highest BCUT2D eigenvalue weighted by atomic mass is 16.5. The summed E-state index contributed by atoms with van der Waals surface area (Å²) in [6.45, 7) is 4.50. The number of hydrogen-bond acceptors (Lipinski definition) is 3. The Bertz CT molecular complexity index is 454. The second kappa shape index (κ2) is 4.98. The Kier molecular flexibility index (Phi) is 3.57. The lowest BCUT2D eigenvalue weighted by atomic mass is 10.1. The van der Waals surface area contributed by atoms with E-state index in [1.165, 1.54) is 0 Å². The van der Waals surface area contributed by atoms with Crippen LogP contribution in [-0.2, 0) is 16.0 Å². The molecular weight excluding hydrogens is 230 g/mol. The van der Waals surface area contributed by atoms with Crippen LogP contribution >= 0.6 is 0 Å². The molecule has 1 amide bonds. The molecule has 0 radical (unpaired) electrons. The molecule has 2 rings (SSSR count). The number of fused-ring (bicyclic) bond motifs is 1. The highest BCUT2D eigenvalue weighted by Gasteiger charge is 2.28. The van der Waals surface area contributed by atoms with Gasteiger partial charge in [0, 0.05) is 7.11 Å². The highest BCUT2D eigenvalue weighted by Crippen LogP contribution is 2.33. The van der Waals surface area contributed by atoms with Gasteiger partial charge < -0.3 is 14.8 Å². The molecule has 98 valence electrons. The van der Waals surface area contributed by atoms with Crippen LogP contribution < -0.4 is 10.1 Å². The zero-order valence-corrected chi connectivity index (χ0v) is 11.1. The number of amides is 1.